The first kappa shape index (κ1) is 18.8. The molecule has 2 atom stereocenters. The summed E-state index contributed by atoms with van der Waals surface area (Å²) in [4.78, 5) is 6.94. The van der Waals surface area contributed by atoms with Gasteiger partial charge in [0.2, 0.25) is 0 Å². The lowest BCUT2D eigenvalue weighted by atomic mass is 10.0. The number of benzene rings is 1. The molecule has 0 spiro atoms. The molecule has 1 heterocycles. The molecule has 2 rings (SSSR count). The number of hydrogen-bond donors (Lipinski definition) is 2. The summed E-state index contributed by atoms with van der Waals surface area (Å²) in [6, 6.07) is 8.81. The van der Waals surface area contributed by atoms with Gasteiger partial charge in [-0.15, -0.1) is 0 Å². The van der Waals surface area contributed by atoms with E-state index in [2.05, 4.69) is 65.6 Å². The van der Waals surface area contributed by atoms with Gasteiger partial charge >= 0.3 is 0 Å². The van der Waals surface area contributed by atoms with Crippen molar-refractivity contribution in [3.8, 4) is 0 Å². The Bertz CT molecular complexity index is 509. The summed E-state index contributed by atoms with van der Waals surface area (Å²) in [6.45, 7) is 12.3. The molecule has 1 aliphatic rings. The molecule has 4 heteroatoms. The first-order valence-corrected chi connectivity index (χ1v) is 9.35. The van der Waals surface area contributed by atoms with Gasteiger partial charge in [-0.3, -0.25) is 4.99 Å². The van der Waals surface area contributed by atoms with Crippen molar-refractivity contribution < 1.29 is 0 Å². The zero-order valence-electron chi connectivity index (χ0n) is 15.8. The Labute approximate surface area is 147 Å². The SMILES string of the molecule is CCCN1CCC(CNC(=NC)NCC(C)c2ccc(C)cc2)C1. The molecule has 1 saturated heterocycles. The predicted molar refractivity (Wildman–Crippen MR) is 104 cm³/mol. The van der Waals surface area contributed by atoms with Crippen LogP contribution in [0.25, 0.3) is 0 Å². The van der Waals surface area contributed by atoms with Crippen LogP contribution in [0.15, 0.2) is 29.3 Å². The van der Waals surface area contributed by atoms with Crippen LogP contribution in [0.4, 0.5) is 0 Å². The fraction of sp³-hybridized carbons (Fsp3) is 0.650. The lowest BCUT2D eigenvalue weighted by Crippen LogP contribution is -2.41. The summed E-state index contributed by atoms with van der Waals surface area (Å²) in [7, 11) is 1.85. The standard InChI is InChI=1S/C20H34N4/c1-5-11-24-12-10-18(15-24)14-23-20(21-4)22-13-17(3)19-8-6-16(2)7-9-19/h6-9,17-18H,5,10-15H2,1-4H3,(H2,21,22,23). The Balaban J connectivity index is 1.71. The predicted octanol–water partition coefficient (Wildman–Crippen LogP) is 3.00. The molecule has 134 valence electrons. The van der Waals surface area contributed by atoms with Crippen LogP contribution in [0.2, 0.25) is 0 Å². The van der Waals surface area contributed by atoms with E-state index >= 15 is 0 Å². The second kappa shape index (κ2) is 9.67. The maximum Gasteiger partial charge on any atom is 0.191 e. The van der Waals surface area contributed by atoms with Crippen molar-refractivity contribution in [2.45, 2.75) is 39.5 Å². The van der Waals surface area contributed by atoms with Gasteiger partial charge in [-0.05, 0) is 50.3 Å². The first-order valence-electron chi connectivity index (χ1n) is 9.35. The number of hydrogen-bond acceptors (Lipinski definition) is 2. The molecule has 0 amide bonds. The van der Waals surface area contributed by atoms with Crippen molar-refractivity contribution in [3.63, 3.8) is 0 Å². The Morgan fingerprint density at radius 2 is 2.04 bits per heavy atom. The summed E-state index contributed by atoms with van der Waals surface area (Å²) in [5.74, 6) is 2.13. The monoisotopic (exact) mass is 330 g/mol. The van der Waals surface area contributed by atoms with Crippen LogP contribution < -0.4 is 10.6 Å². The molecule has 1 aliphatic heterocycles. The van der Waals surface area contributed by atoms with Crippen LogP contribution in [0.3, 0.4) is 0 Å². The summed E-state index contributed by atoms with van der Waals surface area (Å²) in [5, 5.41) is 6.97. The molecule has 1 aromatic rings. The minimum absolute atomic E-state index is 0.468. The van der Waals surface area contributed by atoms with Crippen molar-refractivity contribution in [2.24, 2.45) is 10.9 Å². The van der Waals surface area contributed by atoms with Gasteiger partial charge in [0.15, 0.2) is 5.96 Å². The maximum atomic E-state index is 4.36. The molecule has 4 nitrogen and oxygen atoms in total. The van der Waals surface area contributed by atoms with E-state index in [1.165, 1.54) is 43.6 Å². The fourth-order valence-corrected chi connectivity index (χ4v) is 3.32. The molecule has 0 bridgehead atoms. The van der Waals surface area contributed by atoms with Crippen LogP contribution in [0.1, 0.15) is 43.7 Å². The smallest absolute Gasteiger partial charge is 0.191 e. The zero-order valence-corrected chi connectivity index (χ0v) is 15.8. The second-order valence-electron chi connectivity index (χ2n) is 7.10. The molecule has 1 aromatic carbocycles. The number of guanidine groups is 1. The van der Waals surface area contributed by atoms with E-state index in [1.807, 2.05) is 7.05 Å². The van der Waals surface area contributed by atoms with E-state index in [4.69, 9.17) is 0 Å². The van der Waals surface area contributed by atoms with Crippen LogP contribution >= 0.6 is 0 Å². The van der Waals surface area contributed by atoms with Crippen molar-refractivity contribution in [1.29, 1.82) is 0 Å². The van der Waals surface area contributed by atoms with Gasteiger partial charge in [-0.2, -0.15) is 0 Å². The van der Waals surface area contributed by atoms with Crippen molar-refractivity contribution in [2.75, 3.05) is 39.8 Å². The minimum Gasteiger partial charge on any atom is -0.356 e. The van der Waals surface area contributed by atoms with Gasteiger partial charge in [0, 0.05) is 26.7 Å². The highest BCUT2D eigenvalue weighted by molar-refractivity contribution is 5.79. The van der Waals surface area contributed by atoms with Crippen molar-refractivity contribution in [3.05, 3.63) is 35.4 Å². The first-order chi connectivity index (χ1) is 11.6. The third-order valence-corrected chi connectivity index (χ3v) is 4.91. The van der Waals surface area contributed by atoms with E-state index in [0.717, 1.165) is 25.0 Å². The number of likely N-dealkylation sites (tertiary alicyclic amines) is 1. The number of aryl methyl sites for hydroxylation is 1. The van der Waals surface area contributed by atoms with Gasteiger partial charge in [0.05, 0.1) is 0 Å². The Morgan fingerprint density at radius 3 is 2.71 bits per heavy atom. The third kappa shape index (κ3) is 5.82. The van der Waals surface area contributed by atoms with Gasteiger partial charge < -0.3 is 15.5 Å². The minimum atomic E-state index is 0.468. The largest absolute Gasteiger partial charge is 0.356 e. The zero-order chi connectivity index (χ0) is 17.4. The van der Waals surface area contributed by atoms with E-state index in [-0.39, 0.29) is 0 Å². The average Bonchev–Trinajstić information content (AvgIpc) is 3.03. The van der Waals surface area contributed by atoms with Gasteiger partial charge in [0.1, 0.15) is 0 Å². The molecule has 2 N–H and O–H groups in total. The third-order valence-electron chi connectivity index (χ3n) is 4.91. The normalized spacial score (nSPS) is 20.2. The number of nitrogens with one attached hydrogen (secondary N) is 2. The number of aliphatic imine (C=N–C) groups is 1. The van der Waals surface area contributed by atoms with Crippen molar-refractivity contribution in [1.82, 2.24) is 15.5 Å². The fourth-order valence-electron chi connectivity index (χ4n) is 3.32. The Morgan fingerprint density at radius 1 is 1.29 bits per heavy atom. The molecule has 0 aromatic heterocycles. The maximum absolute atomic E-state index is 4.36. The molecule has 0 aliphatic carbocycles. The van der Waals surface area contributed by atoms with Gasteiger partial charge in [-0.1, -0.05) is 43.7 Å². The second-order valence-corrected chi connectivity index (χ2v) is 7.10. The number of nitrogens with zero attached hydrogens (tertiary/aromatic N) is 2. The quantitative estimate of drug-likeness (QED) is 0.596. The molecule has 0 radical (unpaired) electrons. The van der Waals surface area contributed by atoms with E-state index in [1.54, 1.807) is 0 Å². The summed E-state index contributed by atoms with van der Waals surface area (Å²) in [6.07, 6.45) is 2.55. The lowest BCUT2D eigenvalue weighted by Gasteiger charge is -2.19. The topological polar surface area (TPSA) is 39.7 Å². The van der Waals surface area contributed by atoms with Gasteiger partial charge in [0.25, 0.3) is 0 Å². The van der Waals surface area contributed by atoms with E-state index < -0.39 is 0 Å². The Hall–Kier alpha value is -1.55. The van der Waals surface area contributed by atoms with Crippen LogP contribution in [0, 0.1) is 12.8 Å². The van der Waals surface area contributed by atoms with E-state index in [0.29, 0.717) is 5.92 Å². The number of rotatable bonds is 7. The molecule has 0 saturated carbocycles. The van der Waals surface area contributed by atoms with Crippen LogP contribution in [-0.2, 0) is 0 Å². The van der Waals surface area contributed by atoms with Gasteiger partial charge in [-0.25, -0.2) is 0 Å². The molecular weight excluding hydrogens is 296 g/mol. The van der Waals surface area contributed by atoms with Crippen LogP contribution in [0.5, 0.6) is 0 Å². The highest BCUT2D eigenvalue weighted by Gasteiger charge is 2.21. The summed E-state index contributed by atoms with van der Waals surface area (Å²) in [5.41, 5.74) is 2.68. The lowest BCUT2D eigenvalue weighted by molar-refractivity contribution is 0.324. The average molecular weight is 331 g/mol. The van der Waals surface area contributed by atoms with E-state index in [9.17, 15) is 0 Å². The highest BCUT2D eigenvalue weighted by Crippen LogP contribution is 2.16. The highest BCUT2D eigenvalue weighted by atomic mass is 15.2. The summed E-state index contributed by atoms with van der Waals surface area (Å²) >= 11 is 0. The summed E-state index contributed by atoms with van der Waals surface area (Å²) < 4.78 is 0. The van der Waals surface area contributed by atoms with Crippen molar-refractivity contribution >= 4 is 5.96 Å². The van der Waals surface area contributed by atoms with Crippen LogP contribution in [-0.4, -0.2) is 50.6 Å². The molecule has 2 unspecified atom stereocenters. The molecule has 24 heavy (non-hydrogen) atoms. The molecular formula is C20H34N4. The molecule has 1 fully saturated rings. The Kier molecular flexibility index (Phi) is 7.57.